The highest BCUT2D eigenvalue weighted by Gasteiger charge is 2.35. The summed E-state index contributed by atoms with van der Waals surface area (Å²) in [7, 11) is 1.63. The molecule has 2 aliphatic heterocycles. The number of β-amino-alcohol motifs (C(OH)–C–C–N with tert-alkyl or cyclic N) is 1. The molecule has 2 heterocycles. The van der Waals surface area contributed by atoms with Crippen molar-refractivity contribution in [3.05, 3.63) is 53.6 Å². The molecule has 144 valence electrons. The lowest BCUT2D eigenvalue weighted by molar-refractivity contribution is -0.0345. The Labute approximate surface area is 158 Å². The average Bonchev–Trinajstić information content (AvgIpc) is 3.18. The van der Waals surface area contributed by atoms with Crippen LogP contribution in [0.1, 0.15) is 30.1 Å². The summed E-state index contributed by atoms with van der Waals surface area (Å²) in [6.45, 7) is 2.22. The number of hydrogen-bond donors (Lipinski definition) is 2. The van der Waals surface area contributed by atoms with Gasteiger partial charge >= 0.3 is 0 Å². The molecule has 2 aliphatic rings. The summed E-state index contributed by atoms with van der Waals surface area (Å²) in [4.78, 5) is 2.19. The van der Waals surface area contributed by atoms with Crippen LogP contribution < -0.4 is 14.2 Å². The van der Waals surface area contributed by atoms with E-state index in [4.69, 9.17) is 14.2 Å². The minimum absolute atomic E-state index is 0.230. The van der Waals surface area contributed by atoms with E-state index in [9.17, 15) is 10.2 Å². The van der Waals surface area contributed by atoms with Crippen LogP contribution in [-0.4, -0.2) is 48.6 Å². The summed E-state index contributed by atoms with van der Waals surface area (Å²) >= 11 is 0. The smallest absolute Gasteiger partial charge is 0.231 e. The molecule has 1 atom stereocenters. The molecule has 2 aromatic rings. The molecule has 6 nitrogen and oxygen atoms in total. The third kappa shape index (κ3) is 3.74. The van der Waals surface area contributed by atoms with E-state index in [-0.39, 0.29) is 6.79 Å². The quantitative estimate of drug-likeness (QED) is 0.841. The molecule has 6 heteroatoms. The second kappa shape index (κ2) is 7.38. The Balaban J connectivity index is 1.36. The first-order valence-corrected chi connectivity index (χ1v) is 9.24. The van der Waals surface area contributed by atoms with E-state index in [0.717, 1.165) is 35.7 Å². The fourth-order valence-electron chi connectivity index (χ4n) is 3.76. The van der Waals surface area contributed by atoms with Crippen LogP contribution in [-0.2, 0) is 5.60 Å². The molecule has 1 fully saturated rings. The van der Waals surface area contributed by atoms with Gasteiger partial charge in [0.1, 0.15) is 5.75 Å². The van der Waals surface area contributed by atoms with E-state index in [1.54, 1.807) is 7.11 Å². The molecule has 0 unspecified atom stereocenters. The van der Waals surface area contributed by atoms with E-state index < -0.39 is 11.7 Å². The van der Waals surface area contributed by atoms with Crippen LogP contribution in [0.3, 0.4) is 0 Å². The second-order valence-corrected chi connectivity index (χ2v) is 7.19. The Bertz CT molecular complexity index is 784. The third-order valence-electron chi connectivity index (χ3n) is 5.52. The number of rotatable bonds is 5. The van der Waals surface area contributed by atoms with Gasteiger partial charge in [0.15, 0.2) is 11.5 Å². The van der Waals surface area contributed by atoms with Gasteiger partial charge in [-0.15, -0.1) is 0 Å². The molecule has 0 aliphatic carbocycles. The van der Waals surface area contributed by atoms with Crippen molar-refractivity contribution in [2.24, 2.45) is 0 Å². The molecule has 0 bridgehead atoms. The molecule has 0 aromatic heterocycles. The summed E-state index contributed by atoms with van der Waals surface area (Å²) in [6, 6.07) is 13.1. The van der Waals surface area contributed by atoms with E-state index in [2.05, 4.69) is 4.90 Å². The van der Waals surface area contributed by atoms with Crippen LogP contribution in [0.2, 0.25) is 0 Å². The Morgan fingerprint density at radius 2 is 1.78 bits per heavy atom. The Hall–Kier alpha value is -2.28. The van der Waals surface area contributed by atoms with Crippen LogP contribution in [0.15, 0.2) is 42.5 Å². The maximum atomic E-state index is 11.1. The molecule has 2 N–H and O–H groups in total. The van der Waals surface area contributed by atoms with Crippen LogP contribution in [0.4, 0.5) is 0 Å². The van der Waals surface area contributed by atoms with Crippen molar-refractivity contribution in [1.82, 2.24) is 4.90 Å². The van der Waals surface area contributed by atoms with E-state index >= 15 is 0 Å². The van der Waals surface area contributed by atoms with Gasteiger partial charge in [0.2, 0.25) is 6.79 Å². The van der Waals surface area contributed by atoms with Crippen LogP contribution in [0.5, 0.6) is 17.2 Å². The summed E-state index contributed by atoms with van der Waals surface area (Å²) in [5, 5.41) is 21.6. The normalized spacial score (nSPS) is 19.7. The van der Waals surface area contributed by atoms with Gasteiger partial charge < -0.3 is 29.3 Å². The number of benzene rings is 2. The lowest BCUT2D eigenvalue weighted by Crippen LogP contribution is -2.43. The molecule has 4 rings (SSSR count). The SMILES string of the molecule is COc1ccc([C@H](O)CN2CCC(O)(c3ccc4c(c3)OCO4)CC2)cc1. The molecule has 27 heavy (non-hydrogen) atoms. The number of ether oxygens (including phenoxy) is 3. The standard InChI is InChI=1S/C21H25NO5/c1-25-17-5-2-15(3-6-17)18(23)13-22-10-8-21(24,9-11-22)16-4-7-19-20(12-16)27-14-26-19/h2-7,12,18,23-24H,8-11,13-14H2,1H3/t18-/m1/s1. The van der Waals surface area contributed by atoms with Crippen LogP contribution in [0.25, 0.3) is 0 Å². The first-order valence-electron chi connectivity index (χ1n) is 9.24. The average molecular weight is 371 g/mol. The summed E-state index contributed by atoms with van der Waals surface area (Å²) < 4.78 is 15.9. The fourth-order valence-corrected chi connectivity index (χ4v) is 3.76. The van der Waals surface area contributed by atoms with Gasteiger partial charge in [-0.3, -0.25) is 0 Å². The number of fused-ring (bicyclic) bond motifs is 1. The molecule has 1 saturated heterocycles. The van der Waals surface area contributed by atoms with Gasteiger partial charge in [0.05, 0.1) is 18.8 Å². The molecular formula is C21H25NO5. The number of nitrogens with zero attached hydrogens (tertiary/aromatic N) is 1. The largest absolute Gasteiger partial charge is 0.497 e. The highest BCUT2D eigenvalue weighted by atomic mass is 16.7. The number of hydrogen-bond acceptors (Lipinski definition) is 6. The zero-order chi connectivity index (χ0) is 18.9. The molecule has 2 aromatic carbocycles. The van der Waals surface area contributed by atoms with Crippen molar-refractivity contribution in [2.75, 3.05) is 33.5 Å². The van der Waals surface area contributed by atoms with Gasteiger partial charge in [0.25, 0.3) is 0 Å². The van der Waals surface area contributed by atoms with Gasteiger partial charge in [-0.05, 0) is 48.2 Å². The number of aliphatic hydroxyl groups is 2. The molecule has 0 radical (unpaired) electrons. The molecule has 0 saturated carbocycles. The number of piperidine rings is 1. The van der Waals surface area contributed by atoms with Gasteiger partial charge in [0, 0.05) is 19.6 Å². The fraction of sp³-hybridized carbons (Fsp3) is 0.429. The van der Waals surface area contributed by atoms with E-state index in [1.807, 2.05) is 42.5 Å². The van der Waals surface area contributed by atoms with E-state index in [0.29, 0.717) is 25.1 Å². The third-order valence-corrected chi connectivity index (χ3v) is 5.52. The Morgan fingerprint density at radius 3 is 2.48 bits per heavy atom. The first kappa shape index (κ1) is 18.1. The number of likely N-dealkylation sites (tertiary alicyclic amines) is 1. The highest BCUT2D eigenvalue weighted by molar-refractivity contribution is 5.46. The molecule has 0 spiro atoms. The van der Waals surface area contributed by atoms with Gasteiger partial charge in [-0.2, -0.15) is 0 Å². The predicted octanol–water partition coefficient (Wildman–Crippen LogP) is 2.44. The van der Waals surface area contributed by atoms with Crippen molar-refractivity contribution in [1.29, 1.82) is 0 Å². The lowest BCUT2D eigenvalue weighted by Gasteiger charge is -2.39. The van der Waals surface area contributed by atoms with Gasteiger partial charge in [-0.25, -0.2) is 0 Å². The number of methoxy groups -OCH3 is 1. The summed E-state index contributed by atoms with van der Waals surface area (Å²) in [6.07, 6.45) is 0.664. The van der Waals surface area contributed by atoms with Crippen LogP contribution >= 0.6 is 0 Å². The summed E-state index contributed by atoms with van der Waals surface area (Å²) in [5.41, 5.74) is 0.859. The van der Waals surface area contributed by atoms with Gasteiger partial charge in [-0.1, -0.05) is 18.2 Å². The minimum atomic E-state index is -0.872. The Morgan fingerprint density at radius 1 is 1.07 bits per heavy atom. The van der Waals surface area contributed by atoms with Crippen molar-refractivity contribution >= 4 is 0 Å². The van der Waals surface area contributed by atoms with Crippen LogP contribution in [0, 0.1) is 0 Å². The maximum absolute atomic E-state index is 11.1. The number of aliphatic hydroxyl groups excluding tert-OH is 1. The van der Waals surface area contributed by atoms with Crippen molar-refractivity contribution in [3.63, 3.8) is 0 Å². The van der Waals surface area contributed by atoms with Crippen molar-refractivity contribution in [2.45, 2.75) is 24.5 Å². The second-order valence-electron chi connectivity index (χ2n) is 7.19. The predicted molar refractivity (Wildman–Crippen MR) is 100 cm³/mol. The molecular weight excluding hydrogens is 346 g/mol. The lowest BCUT2D eigenvalue weighted by atomic mass is 9.84. The van der Waals surface area contributed by atoms with Crippen molar-refractivity contribution in [3.8, 4) is 17.2 Å². The first-order chi connectivity index (χ1) is 13.1. The zero-order valence-corrected chi connectivity index (χ0v) is 15.4. The zero-order valence-electron chi connectivity index (χ0n) is 15.4. The molecule has 0 amide bonds. The summed E-state index contributed by atoms with van der Waals surface area (Å²) in [5.74, 6) is 2.19. The monoisotopic (exact) mass is 371 g/mol. The topological polar surface area (TPSA) is 71.4 Å². The highest BCUT2D eigenvalue weighted by Crippen LogP contribution is 2.39. The minimum Gasteiger partial charge on any atom is -0.497 e. The van der Waals surface area contributed by atoms with Crippen molar-refractivity contribution < 1.29 is 24.4 Å². The van der Waals surface area contributed by atoms with E-state index in [1.165, 1.54) is 0 Å². The maximum Gasteiger partial charge on any atom is 0.231 e. The Kier molecular flexibility index (Phi) is 4.95.